The van der Waals surface area contributed by atoms with Crippen molar-refractivity contribution in [2.75, 3.05) is 11.9 Å². The fourth-order valence-corrected chi connectivity index (χ4v) is 2.60. The summed E-state index contributed by atoms with van der Waals surface area (Å²) >= 11 is 0. The molecule has 1 saturated carbocycles. The van der Waals surface area contributed by atoms with Crippen LogP contribution in [0.3, 0.4) is 0 Å². The highest BCUT2D eigenvalue weighted by atomic mass is 16.5. The van der Waals surface area contributed by atoms with Crippen molar-refractivity contribution in [2.45, 2.75) is 32.7 Å². The molecule has 3 nitrogen and oxygen atoms in total. The number of pyridine rings is 1. The molecule has 1 fully saturated rings. The second kappa shape index (κ2) is 6.17. The summed E-state index contributed by atoms with van der Waals surface area (Å²) in [6.45, 7) is 4.73. The monoisotopic (exact) mass is 282 g/mol. The number of hydrogen-bond donors (Lipinski definition) is 1. The second-order valence-corrected chi connectivity index (χ2v) is 5.66. The number of benzene rings is 1. The minimum Gasteiger partial charge on any atom is -0.476 e. The largest absolute Gasteiger partial charge is 0.476 e. The maximum absolute atomic E-state index is 5.62. The number of aromatic nitrogens is 1. The van der Waals surface area contributed by atoms with Crippen molar-refractivity contribution < 1.29 is 4.74 Å². The molecule has 2 aromatic rings. The molecule has 3 heteroatoms. The molecule has 1 unspecified atom stereocenters. The lowest BCUT2D eigenvalue weighted by molar-refractivity contribution is 0.328. The average Bonchev–Trinajstić information content (AvgIpc) is 3.32. The molecule has 110 valence electrons. The number of hydrogen-bond acceptors (Lipinski definition) is 3. The van der Waals surface area contributed by atoms with E-state index in [-0.39, 0.29) is 0 Å². The first-order valence-corrected chi connectivity index (χ1v) is 7.69. The van der Waals surface area contributed by atoms with Crippen LogP contribution in [0, 0.1) is 12.8 Å². The highest BCUT2D eigenvalue weighted by Crippen LogP contribution is 2.43. The van der Waals surface area contributed by atoms with Gasteiger partial charge in [-0.2, -0.15) is 0 Å². The van der Waals surface area contributed by atoms with E-state index in [9.17, 15) is 0 Å². The van der Waals surface area contributed by atoms with E-state index >= 15 is 0 Å². The number of nitrogens with one attached hydrogen (secondary N) is 1. The van der Waals surface area contributed by atoms with E-state index in [1.165, 1.54) is 24.0 Å². The highest BCUT2D eigenvalue weighted by Gasteiger charge is 2.32. The van der Waals surface area contributed by atoms with E-state index in [4.69, 9.17) is 4.74 Å². The van der Waals surface area contributed by atoms with E-state index in [2.05, 4.69) is 41.5 Å². The summed E-state index contributed by atoms with van der Waals surface area (Å²) in [6.07, 6.45) is 4.35. The van der Waals surface area contributed by atoms with Crippen LogP contribution in [0.5, 0.6) is 5.88 Å². The Hall–Kier alpha value is -2.03. The molecule has 1 aromatic heterocycles. The van der Waals surface area contributed by atoms with Crippen LogP contribution >= 0.6 is 0 Å². The third-order valence-electron chi connectivity index (χ3n) is 3.89. The number of ether oxygens (including phenoxy) is 1. The summed E-state index contributed by atoms with van der Waals surface area (Å²) in [4.78, 5) is 4.32. The molecule has 1 aromatic carbocycles. The molecule has 0 radical (unpaired) electrons. The molecule has 0 bridgehead atoms. The van der Waals surface area contributed by atoms with Crippen LogP contribution < -0.4 is 10.1 Å². The highest BCUT2D eigenvalue weighted by molar-refractivity contribution is 5.54. The van der Waals surface area contributed by atoms with Gasteiger partial charge < -0.3 is 10.1 Å². The Balaban J connectivity index is 1.84. The van der Waals surface area contributed by atoms with Crippen LogP contribution in [-0.4, -0.2) is 11.6 Å². The fraction of sp³-hybridized carbons (Fsp3) is 0.389. The molecule has 1 aliphatic carbocycles. The lowest BCUT2D eigenvalue weighted by Gasteiger charge is -2.21. The molecular weight excluding hydrogens is 260 g/mol. The van der Waals surface area contributed by atoms with Crippen molar-refractivity contribution in [1.29, 1.82) is 0 Å². The number of anilines is 1. The zero-order chi connectivity index (χ0) is 14.7. The first-order chi connectivity index (χ1) is 10.3. The lowest BCUT2D eigenvalue weighted by Crippen LogP contribution is -2.14. The van der Waals surface area contributed by atoms with Gasteiger partial charge in [0.25, 0.3) is 0 Å². The van der Waals surface area contributed by atoms with Gasteiger partial charge in [-0.05, 0) is 50.3 Å². The van der Waals surface area contributed by atoms with Gasteiger partial charge in [0, 0.05) is 6.20 Å². The zero-order valence-electron chi connectivity index (χ0n) is 12.7. The van der Waals surface area contributed by atoms with Gasteiger partial charge in [-0.3, -0.25) is 0 Å². The molecule has 0 aliphatic heterocycles. The van der Waals surface area contributed by atoms with E-state index in [1.54, 1.807) is 6.20 Å². The van der Waals surface area contributed by atoms with Crippen molar-refractivity contribution >= 4 is 5.69 Å². The number of aryl methyl sites for hydroxylation is 1. The van der Waals surface area contributed by atoms with Crippen molar-refractivity contribution in [3.05, 3.63) is 53.7 Å². The van der Waals surface area contributed by atoms with Gasteiger partial charge in [0.15, 0.2) is 0 Å². The molecule has 1 atom stereocenters. The summed E-state index contributed by atoms with van der Waals surface area (Å²) in [5, 5.41) is 3.64. The molecule has 0 spiro atoms. The first kappa shape index (κ1) is 13.9. The van der Waals surface area contributed by atoms with Crippen molar-refractivity contribution in [3.63, 3.8) is 0 Å². The molecule has 1 heterocycles. The topological polar surface area (TPSA) is 34.1 Å². The van der Waals surface area contributed by atoms with E-state index in [1.807, 2.05) is 19.1 Å². The van der Waals surface area contributed by atoms with Crippen molar-refractivity contribution in [3.8, 4) is 5.88 Å². The Morgan fingerprint density at radius 3 is 2.67 bits per heavy atom. The Labute approximate surface area is 126 Å². The molecule has 21 heavy (non-hydrogen) atoms. The van der Waals surface area contributed by atoms with Gasteiger partial charge in [0.05, 0.1) is 18.3 Å². The minimum absolute atomic E-state index is 0.342. The van der Waals surface area contributed by atoms with Crippen LogP contribution in [0.4, 0.5) is 5.69 Å². The fourth-order valence-electron chi connectivity index (χ4n) is 2.60. The molecule has 1 aliphatic rings. The zero-order valence-corrected chi connectivity index (χ0v) is 12.7. The summed E-state index contributed by atoms with van der Waals surface area (Å²) in [7, 11) is 0. The predicted molar refractivity (Wildman–Crippen MR) is 85.7 cm³/mol. The van der Waals surface area contributed by atoms with E-state index in [0.717, 1.165) is 5.69 Å². The SMILES string of the molecule is CCOc1ncccc1NC(c1ccc(C)cc1)C1CC1. The predicted octanol–water partition coefficient (Wildman–Crippen LogP) is 4.35. The van der Waals surface area contributed by atoms with Crippen LogP contribution in [0.2, 0.25) is 0 Å². The summed E-state index contributed by atoms with van der Waals surface area (Å²) < 4.78 is 5.62. The van der Waals surface area contributed by atoms with Crippen molar-refractivity contribution in [2.24, 2.45) is 5.92 Å². The molecule has 3 rings (SSSR count). The van der Waals surface area contributed by atoms with Gasteiger partial charge in [0.2, 0.25) is 5.88 Å². The molecule has 0 amide bonds. The van der Waals surface area contributed by atoms with Gasteiger partial charge in [-0.15, -0.1) is 0 Å². The third-order valence-corrected chi connectivity index (χ3v) is 3.89. The summed E-state index contributed by atoms with van der Waals surface area (Å²) in [5.41, 5.74) is 3.62. The van der Waals surface area contributed by atoms with Crippen LogP contribution in [-0.2, 0) is 0 Å². The molecular formula is C18H22N2O. The minimum atomic E-state index is 0.342. The average molecular weight is 282 g/mol. The van der Waals surface area contributed by atoms with Gasteiger partial charge in [-0.25, -0.2) is 4.98 Å². The second-order valence-electron chi connectivity index (χ2n) is 5.66. The van der Waals surface area contributed by atoms with E-state index < -0.39 is 0 Å². The Bertz CT molecular complexity index is 590. The first-order valence-electron chi connectivity index (χ1n) is 7.69. The van der Waals surface area contributed by atoms with Gasteiger partial charge >= 0.3 is 0 Å². The Morgan fingerprint density at radius 1 is 1.24 bits per heavy atom. The Kier molecular flexibility index (Phi) is 4.09. The van der Waals surface area contributed by atoms with Crippen LogP contribution in [0.1, 0.15) is 36.9 Å². The summed E-state index contributed by atoms with van der Waals surface area (Å²) in [6, 6.07) is 13.1. The number of nitrogens with zero attached hydrogens (tertiary/aromatic N) is 1. The van der Waals surface area contributed by atoms with Crippen molar-refractivity contribution in [1.82, 2.24) is 4.98 Å². The maximum Gasteiger partial charge on any atom is 0.237 e. The van der Waals surface area contributed by atoms with Gasteiger partial charge in [-0.1, -0.05) is 29.8 Å². The normalized spacial score (nSPS) is 15.5. The van der Waals surface area contributed by atoms with Gasteiger partial charge in [0.1, 0.15) is 0 Å². The molecule has 1 N–H and O–H groups in total. The number of rotatable bonds is 6. The van der Waals surface area contributed by atoms with E-state index in [0.29, 0.717) is 24.4 Å². The Morgan fingerprint density at radius 2 is 2.00 bits per heavy atom. The van der Waals surface area contributed by atoms with Crippen LogP contribution in [0.25, 0.3) is 0 Å². The third kappa shape index (κ3) is 3.35. The standard InChI is InChI=1S/C18H22N2O/c1-3-21-18-16(5-4-12-19-18)20-17(15-10-11-15)14-8-6-13(2)7-9-14/h4-9,12,15,17,20H,3,10-11H2,1-2H3. The maximum atomic E-state index is 5.62. The summed E-state index contributed by atoms with van der Waals surface area (Å²) in [5.74, 6) is 1.40. The van der Waals surface area contributed by atoms with Crippen LogP contribution in [0.15, 0.2) is 42.6 Å². The lowest BCUT2D eigenvalue weighted by atomic mass is 10.0. The quantitative estimate of drug-likeness (QED) is 0.855. The molecule has 0 saturated heterocycles. The smallest absolute Gasteiger partial charge is 0.237 e.